The largest absolute Gasteiger partial charge is 0.481 e. The van der Waals surface area contributed by atoms with E-state index < -0.39 is 5.97 Å². The summed E-state index contributed by atoms with van der Waals surface area (Å²) in [5.74, 6) is -0.278. The Morgan fingerprint density at radius 2 is 2.10 bits per heavy atom. The van der Waals surface area contributed by atoms with E-state index in [9.17, 15) is 4.79 Å². The molecular weight excluding hydrogens is 276 g/mol. The van der Waals surface area contributed by atoms with Gasteiger partial charge in [0.15, 0.2) is 11.0 Å². The molecule has 2 aromatic rings. The lowest BCUT2D eigenvalue weighted by atomic mass is 10.1. The monoisotopic (exact) mass is 292 g/mol. The summed E-state index contributed by atoms with van der Waals surface area (Å²) in [6, 6.07) is 5.58. The van der Waals surface area contributed by atoms with Gasteiger partial charge in [0.2, 0.25) is 0 Å². The summed E-state index contributed by atoms with van der Waals surface area (Å²) in [6.07, 6.45) is 1.70. The molecule has 0 bridgehead atoms. The Morgan fingerprint density at radius 3 is 2.65 bits per heavy atom. The Labute approximate surface area is 121 Å². The molecule has 0 atom stereocenters. The molecule has 0 amide bonds. The molecule has 1 N–H and O–H groups in total. The van der Waals surface area contributed by atoms with Crippen LogP contribution in [0.3, 0.4) is 0 Å². The highest BCUT2D eigenvalue weighted by Crippen LogP contribution is 2.29. The zero-order valence-corrected chi connectivity index (χ0v) is 12.4. The average molecular weight is 292 g/mol. The van der Waals surface area contributed by atoms with Crippen LogP contribution in [0.25, 0.3) is 11.5 Å². The van der Waals surface area contributed by atoms with Gasteiger partial charge >= 0.3 is 5.97 Å². The van der Waals surface area contributed by atoms with Crippen LogP contribution in [0.5, 0.6) is 0 Å². The molecule has 2 heterocycles. The van der Waals surface area contributed by atoms with Crippen molar-refractivity contribution in [1.82, 2.24) is 19.7 Å². The molecule has 7 heteroatoms. The minimum Gasteiger partial charge on any atom is -0.481 e. The van der Waals surface area contributed by atoms with Gasteiger partial charge in [0.1, 0.15) is 5.69 Å². The number of carboxylic acids is 1. The predicted molar refractivity (Wildman–Crippen MR) is 76.6 cm³/mol. The molecule has 0 spiro atoms. The van der Waals surface area contributed by atoms with Crippen molar-refractivity contribution >= 4 is 17.7 Å². The summed E-state index contributed by atoms with van der Waals surface area (Å²) in [7, 11) is 0. The van der Waals surface area contributed by atoms with Crippen LogP contribution in [-0.4, -0.2) is 36.6 Å². The fourth-order valence-electron chi connectivity index (χ4n) is 1.76. The third-order valence-electron chi connectivity index (χ3n) is 2.52. The Kier molecular flexibility index (Phi) is 4.08. The van der Waals surface area contributed by atoms with E-state index in [-0.39, 0.29) is 11.3 Å². The lowest BCUT2D eigenvalue weighted by molar-refractivity contribution is -0.133. The highest BCUT2D eigenvalue weighted by atomic mass is 32.2. The van der Waals surface area contributed by atoms with Crippen LogP contribution in [0.4, 0.5) is 0 Å². The average Bonchev–Trinajstić information content (AvgIpc) is 2.81. The molecular formula is C13H16N4O2S. The highest BCUT2D eigenvalue weighted by molar-refractivity contribution is 7.99. The number of rotatable bonds is 4. The van der Waals surface area contributed by atoms with E-state index in [1.54, 1.807) is 6.20 Å². The fraction of sp³-hybridized carbons (Fsp3) is 0.385. The number of hydrogen-bond donors (Lipinski definition) is 1. The second kappa shape index (κ2) is 5.62. The maximum Gasteiger partial charge on any atom is 0.313 e. The van der Waals surface area contributed by atoms with Gasteiger partial charge in [0.05, 0.1) is 5.75 Å². The number of carbonyl (C=O) groups is 1. The first kappa shape index (κ1) is 14.5. The molecule has 0 radical (unpaired) electrons. The van der Waals surface area contributed by atoms with E-state index in [1.807, 2.05) is 43.5 Å². The third kappa shape index (κ3) is 3.16. The molecule has 0 aliphatic heterocycles. The van der Waals surface area contributed by atoms with Crippen LogP contribution in [0.1, 0.15) is 20.8 Å². The molecule has 2 rings (SSSR count). The van der Waals surface area contributed by atoms with E-state index in [1.165, 1.54) is 0 Å². The zero-order chi connectivity index (χ0) is 14.8. The smallest absolute Gasteiger partial charge is 0.313 e. The van der Waals surface area contributed by atoms with Gasteiger partial charge in [-0.15, -0.1) is 10.2 Å². The maximum atomic E-state index is 10.7. The number of pyridine rings is 1. The molecule has 20 heavy (non-hydrogen) atoms. The second-order valence-electron chi connectivity index (χ2n) is 5.21. The van der Waals surface area contributed by atoms with E-state index in [0.717, 1.165) is 17.5 Å². The van der Waals surface area contributed by atoms with Crippen molar-refractivity contribution in [3.63, 3.8) is 0 Å². The molecule has 106 valence electrons. The van der Waals surface area contributed by atoms with Crippen LogP contribution < -0.4 is 0 Å². The molecule has 0 saturated heterocycles. The molecule has 0 aliphatic rings. The Morgan fingerprint density at radius 1 is 1.35 bits per heavy atom. The maximum absolute atomic E-state index is 10.7. The van der Waals surface area contributed by atoms with Gasteiger partial charge < -0.3 is 5.11 Å². The van der Waals surface area contributed by atoms with Gasteiger partial charge in [0, 0.05) is 11.7 Å². The standard InChI is InChI=1S/C13H16N4O2S/c1-13(2,3)17-11(9-6-4-5-7-14-9)15-16-12(17)20-8-10(18)19/h4-7H,8H2,1-3H3,(H,18,19). The Hall–Kier alpha value is -1.89. The lowest BCUT2D eigenvalue weighted by Gasteiger charge is -2.24. The predicted octanol–water partition coefficient (Wildman–Crippen LogP) is 2.27. The topological polar surface area (TPSA) is 80.9 Å². The SMILES string of the molecule is CC(C)(C)n1c(SCC(=O)O)nnc1-c1ccccn1. The van der Waals surface area contributed by atoms with Crippen LogP contribution in [0.15, 0.2) is 29.6 Å². The molecule has 0 fully saturated rings. The van der Waals surface area contributed by atoms with Gasteiger partial charge in [-0.3, -0.25) is 14.3 Å². The van der Waals surface area contributed by atoms with Crippen molar-refractivity contribution in [2.45, 2.75) is 31.5 Å². The van der Waals surface area contributed by atoms with E-state index >= 15 is 0 Å². The first-order valence-corrected chi connectivity index (χ1v) is 7.10. The van der Waals surface area contributed by atoms with Gasteiger partial charge in [-0.25, -0.2) is 0 Å². The summed E-state index contributed by atoms with van der Waals surface area (Å²) in [6.45, 7) is 6.06. The summed E-state index contributed by atoms with van der Waals surface area (Å²) in [5, 5.41) is 17.7. The van der Waals surface area contributed by atoms with Crippen LogP contribution in [-0.2, 0) is 10.3 Å². The second-order valence-corrected chi connectivity index (χ2v) is 6.15. The number of aliphatic carboxylic acids is 1. The molecule has 2 aromatic heterocycles. The zero-order valence-electron chi connectivity index (χ0n) is 11.6. The number of thioether (sulfide) groups is 1. The minimum atomic E-state index is -0.877. The van der Waals surface area contributed by atoms with Crippen LogP contribution >= 0.6 is 11.8 Å². The van der Waals surface area contributed by atoms with Gasteiger partial charge in [-0.05, 0) is 32.9 Å². The first-order valence-electron chi connectivity index (χ1n) is 6.11. The molecule has 0 aliphatic carbocycles. The van der Waals surface area contributed by atoms with Crippen molar-refractivity contribution in [1.29, 1.82) is 0 Å². The molecule has 0 aromatic carbocycles. The van der Waals surface area contributed by atoms with Gasteiger partial charge in [0.25, 0.3) is 0 Å². The minimum absolute atomic E-state index is 0.0452. The van der Waals surface area contributed by atoms with E-state index in [0.29, 0.717) is 11.0 Å². The molecule has 6 nitrogen and oxygen atoms in total. The van der Waals surface area contributed by atoms with Gasteiger partial charge in [-0.2, -0.15) is 0 Å². The lowest BCUT2D eigenvalue weighted by Crippen LogP contribution is -2.24. The molecule has 0 saturated carbocycles. The summed E-state index contributed by atoms with van der Waals surface area (Å²) < 4.78 is 1.92. The Bertz CT molecular complexity index is 605. The van der Waals surface area contributed by atoms with Crippen molar-refractivity contribution in [3.8, 4) is 11.5 Å². The Balaban J connectivity index is 2.46. The summed E-state index contributed by atoms with van der Waals surface area (Å²) >= 11 is 1.16. The number of nitrogens with zero attached hydrogens (tertiary/aromatic N) is 4. The van der Waals surface area contributed by atoms with E-state index in [2.05, 4.69) is 15.2 Å². The highest BCUT2D eigenvalue weighted by Gasteiger charge is 2.25. The summed E-state index contributed by atoms with van der Waals surface area (Å²) in [5.41, 5.74) is 0.453. The third-order valence-corrected chi connectivity index (χ3v) is 3.44. The fourth-order valence-corrected chi connectivity index (χ4v) is 2.60. The number of aromatic nitrogens is 4. The van der Waals surface area contributed by atoms with Crippen molar-refractivity contribution in [2.75, 3.05) is 5.75 Å². The van der Waals surface area contributed by atoms with Crippen molar-refractivity contribution in [3.05, 3.63) is 24.4 Å². The molecule has 0 unspecified atom stereocenters. The van der Waals surface area contributed by atoms with Crippen molar-refractivity contribution in [2.24, 2.45) is 0 Å². The van der Waals surface area contributed by atoms with E-state index in [4.69, 9.17) is 5.11 Å². The van der Waals surface area contributed by atoms with Gasteiger partial charge in [-0.1, -0.05) is 17.8 Å². The van der Waals surface area contributed by atoms with Crippen LogP contribution in [0, 0.1) is 0 Å². The number of carboxylic acid groups (broad SMARTS) is 1. The van der Waals surface area contributed by atoms with Crippen molar-refractivity contribution < 1.29 is 9.90 Å². The quantitative estimate of drug-likeness (QED) is 0.871. The normalized spacial score (nSPS) is 11.6. The number of hydrogen-bond acceptors (Lipinski definition) is 5. The van der Waals surface area contributed by atoms with Crippen LogP contribution in [0.2, 0.25) is 0 Å². The summed E-state index contributed by atoms with van der Waals surface area (Å²) in [4.78, 5) is 15.0. The first-order chi connectivity index (χ1) is 9.39.